The van der Waals surface area contributed by atoms with Gasteiger partial charge < -0.3 is 5.73 Å². The van der Waals surface area contributed by atoms with Gasteiger partial charge in [0.2, 0.25) is 0 Å². The van der Waals surface area contributed by atoms with E-state index >= 15 is 0 Å². The van der Waals surface area contributed by atoms with Crippen LogP contribution in [0.2, 0.25) is 0 Å². The fraction of sp³-hybridized carbons (Fsp3) is 0.208. The number of benzene rings is 1. The van der Waals surface area contributed by atoms with E-state index < -0.39 is 9.84 Å². The molecule has 0 amide bonds. The van der Waals surface area contributed by atoms with Crippen LogP contribution in [-0.2, 0) is 9.84 Å². The van der Waals surface area contributed by atoms with Crippen LogP contribution in [-0.4, -0.2) is 36.9 Å². The first-order valence-corrected chi connectivity index (χ1v) is 11.9. The largest absolute Gasteiger partial charge is 0.396 e. The van der Waals surface area contributed by atoms with Crippen LogP contribution >= 0.6 is 0 Å². The Labute approximate surface area is 182 Å². The van der Waals surface area contributed by atoms with Crippen LogP contribution < -0.4 is 5.73 Å². The minimum Gasteiger partial charge on any atom is -0.396 e. The van der Waals surface area contributed by atoms with Crippen LogP contribution in [0.3, 0.4) is 0 Å². The third kappa shape index (κ3) is 5.06. The zero-order valence-corrected chi connectivity index (χ0v) is 18.3. The molecule has 1 aliphatic rings. The Hall–Kier alpha value is -3.32. The van der Waals surface area contributed by atoms with E-state index in [1.54, 1.807) is 30.5 Å². The van der Waals surface area contributed by atoms with Crippen molar-refractivity contribution in [3.8, 4) is 11.3 Å². The first kappa shape index (κ1) is 20.9. The van der Waals surface area contributed by atoms with E-state index in [1.807, 2.05) is 43.5 Å². The third-order valence-electron chi connectivity index (χ3n) is 5.06. The number of hydrogen-bond donors (Lipinski definition) is 1. The number of pyridine rings is 2. The average molecular weight is 433 g/mol. The van der Waals surface area contributed by atoms with Crippen LogP contribution in [0.1, 0.15) is 29.8 Å². The molecule has 6 nitrogen and oxygen atoms in total. The molecule has 4 rings (SSSR count). The summed E-state index contributed by atoms with van der Waals surface area (Å²) in [6.07, 6.45) is 6.94. The Balaban J connectivity index is 1.77. The summed E-state index contributed by atoms with van der Waals surface area (Å²) in [5.74, 6) is 0. The Morgan fingerprint density at radius 3 is 2.52 bits per heavy atom. The summed E-state index contributed by atoms with van der Waals surface area (Å²) in [4.78, 5) is 13.9. The molecule has 2 aromatic heterocycles. The van der Waals surface area contributed by atoms with Crippen molar-refractivity contribution < 1.29 is 8.42 Å². The zero-order chi connectivity index (χ0) is 22.0. The SMILES string of the molecule is Cc1cccc(C(N)=C(C=NC2CC2)c2ccnc(-c3ccc(S(C)(=O)=O)cc3)c2)n1. The molecule has 0 spiro atoms. The molecule has 1 aromatic carbocycles. The van der Waals surface area contributed by atoms with E-state index in [0.717, 1.165) is 40.9 Å². The number of hydrogen-bond acceptors (Lipinski definition) is 6. The number of allylic oxidation sites excluding steroid dienone is 1. The van der Waals surface area contributed by atoms with E-state index in [-0.39, 0.29) is 4.90 Å². The second-order valence-electron chi connectivity index (χ2n) is 7.73. The van der Waals surface area contributed by atoms with Crippen molar-refractivity contribution >= 4 is 27.3 Å². The van der Waals surface area contributed by atoms with E-state index in [2.05, 4.69) is 15.0 Å². The first-order valence-electron chi connectivity index (χ1n) is 10.0. The summed E-state index contributed by atoms with van der Waals surface area (Å²) in [6, 6.07) is 16.6. The predicted octanol–water partition coefficient (Wildman–Crippen LogP) is 3.92. The van der Waals surface area contributed by atoms with Gasteiger partial charge in [0.25, 0.3) is 0 Å². The normalized spacial score (nSPS) is 15.2. The van der Waals surface area contributed by atoms with E-state index in [0.29, 0.717) is 17.4 Å². The lowest BCUT2D eigenvalue weighted by molar-refractivity contribution is 0.602. The average Bonchev–Trinajstić information content (AvgIpc) is 3.58. The van der Waals surface area contributed by atoms with Crippen LogP contribution in [0.4, 0.5) is 0 Å². The molecule has 1 fully saturated rings. The Morgan fingerprint density at radius 1 is 1.13 bits per heavy atom. The molecule has 2 N–H and O–H groups in total. The molecule has 0 atom stereocenters. The minimum absolute atomic E-state index is 0.277. The number of aryl methyl sites for hydroxylation is 1. The maximum Gasteiger partial charge on any atom is 0.175 e. The van der Waals surface area contributed by atoms with Gasteiger partial charge >= 0.3 is 0 Å². The molecule has 158 valence electrons. The second-order valence-corrected chi connectivity index (χ2v) is 9.74. The molecule has 7 heteroatoms. The summed E-state index contributed by atoms with van der Waals surface area (Å²) in [7, 11) is -3.25. The molecule has 1 aliphatic carbocycles. The number of aromatic nitrogens is 2. The molecule has 0 radical (unpaired) electrons. The molecule has 1 saturated carbocycles. The van der Waals surface area contributed by atoms with Gasteiger partial charge in [0.1, 0.15) is 0 Å². The van der Waals surface area contributed by atoms with Gasteiger partial charge in [-0.3, -0.25) is 15.0 Å². The summed E-state index contributed by atoms with van der Waals surface area (Å²) < 4.78 is 23.5. The van der Waals surface area contributed by atoms with Gasteiger partial charge in [-0.25, -0.2) is 8.42 Å². The molecule has 0 bridgehead atoms. The second kappa shape index (κ2) is 8.43. The summed E-state index contributed by atoms with van der Waals surface area (Å²) in [5.41, 5.74) is 11.9. The van der Waals surface area contributed by atoms with Crippen LogP contribution in [0.25, 0.3) is 22.5 Å². The summed E-state index contributed by atoms with van der Waals surface area (Å²) >= 11 is 0. The molecular formula is C24H24N4O2S. The lowest BCUT2D eigenvalue weighted by atomic mass is 10.0. The molecule has 0 aliphatic heterocycles. The fourth-order valence-corrected chi connectivity index (χ4v) is 3.79. The van der Waals surface area contributed by atoms with Crippen LogP contribution in [0, 0.1) is 6.92 Å². The molecule has 0 saturated heterocycles. The van der Waals surface area contributed by atoms with Gasteiger partial charge in [-0.2, -0.15) is 0 Å². The van der Waals surface area contributed by atoms with Gasteiger partial charge in [0, 0.05) is 35.5 Å². The van der Waals surface area contributed by atoms with Crippen molar-refractivity contribution in [1.29, 1.82) is 0 Å². The minimum atomic E-state index is -3.25. The lowest BCUT2D eigenvalue weighted by Gasteiger charge is -2.11. The van der Waals surface area contributed by atoms with Gasteiger partial charge in [-0.15, -0.1) is 0 Å². The summed E-state index contributed by atoms with van der Waals surface area (Å²) in [6.45, 7) is 1.93. The Kier molecular flexibility index (Phi) is 5.69. The Morgan fingerprint density at radius 2 is 1.87 bits per heavy atom. The number of nitrogens with zero attached hydrogens (tertiary/aromatic N) is 3. The molecule has 31 heavy (non-hydrogen) atoms. The Bertz CT molecular complexity index is 1270. The van der Waals surface area contributed by atoms with Crippen molar-refractivity contribution in [2.45, 2.75) is 30.7 Å². The van der Waals surface area contributed by atoms with Crippen LogP contribution in [0.5, 0.6) is 0 Å². The number of nitrogens with two attached hydrogens (primary N) is 1. The predicted molar refractivity (Wildman–Crippen MR) is 124 cm³/mol. The smallest absolute Gasteiger partial charge is 0.175 e. The topological polar surface area (TPSA) is 98.3 Å². The van der Waals surface area contributed by atoms with Crippen molar-refractivity contribution in [2.24, 2.45) is 10.7 Å². The first-order chi connectivity index (χ1) is 14.8. The van der Waals surface area contributed by atoms with Crippen molar-refractivity contribution in [2.75, 3.05) is 6.26 Å². The molecule has 0 unspecified atom stereocenters. The van der Waals surface area contributed by atoms with Gasteiger partial charge in [-0.05, 0) is 61.7 Å². The van der Waals surface area contributed by atoms with E-state index in [1.165, 1.54) is 6.26 Å². The monoisotopic (exact) mass is 432 g/mol. The van der Waals surface area contributed by atoms with Crippen molar-refractivity contribution in [3.05, 3.63) is 77.7 Å². The molecular weight excluding hydrogens is 408 g/mol. The number of aliphatic imine (C=N–C) groups is 1. The molecule has 3 aromatic rings. The van der Waals surface area contributed by atoms with Gasteiger partial charge in [0.15, 0.2) is 9.84 Å². The highest BCUT2D eigenvalue weighted by Crippen LogP contribution is 2.28. The number of rotatable bonds is 6. The zero-order valence-electron chi connectivity index (χ0n) is 17.5. The van der Waals surface area contributed by atoms with Crippen LogP contribution in [0.15, 0.2) is 70.7 Å². The number of sulfone groups is 1. The van der Waals surface area contributed by atoms with E-state index in [9.17, 15) is 8.42 Å². The van der Waals surface area contributed by atoms with Crippen molar-refractivity contribution in [1.82, 2.24) is 9.97 Å². The van der Waals surface area contributed by atoms with Crippen molar-refractivity contribution in [3.63, 3.8) is 0 Å². The van der Waals surface area contributed by atoms with Gasteiger partial charge in [0.05, 0.1) is 28.0 Å². The highest BCUT2D eigenvalue weighted by Gasteiger charge is 2.20. The quantitative estimate of drug-likeness (QED) is 0.596. The molecule has 2 heterocycles. The highest BCUT2D eigenvalue weighted by atomic mass is 32.2. The maximum absolute atomic E-state index is 11.7. The highest BCUT2D eigenvalue weighted by molar-refractivity contribution is 7.90. The van der Waals surface area contributed by atoms with E-state index in [4.69, 9.17) is 5.73 Å². The third-order valence-corrected chi connectivity index (χ3v) is 6.19. The fourth-order valence-electron chi connectivity index (χ4n) is 3.16. The maximum atomic E-state index is 11.7. The summed E-state index contributed by atoms with van der Waals surface area (Å²) in [5, 5.41) is 0. The standard InChI is InChI=1S/C24H24N4O2S/c1-16-4-3-5-22(28-16)24(25)21(15-27-19-8-9-19)18-12-13-26-23(14-18)17-6-10-20(11-7-17)31(2,29)30/h3-7,10-15,19H,8-9,25H2,1-2H3. The lowest BCUT2D eigenvalue weighted by Crippen LogP contribution is -2.06. The van der Waals surface area contributed by atoms with Gasteiger partial charge in [-0.1, -0.05) is 18.2 Å².